The van der Waals surface area contributed by atoms with Gasteiger partial charge in [0, 0.05) is 12.3 Å². The second-order valence-corrected chi connectivity index (χ2v) is 4.92. The highest BCUT2D eigenvalue weighted by atomic mass is 32.1. The highest BCUT2D eigenvalue weighted by molar-refractivity contribution is 7.80. The summed E-state index contributed by atoms with van der Waals surface area (Å²) in [6.07, 6.45) is 0.753. The van der Waals surface area contributed by atoms with Gasteiger partial charge in [0.1, 0.15) is 0 Å². The van der Waals surface area contributed by atoms with E-state index in [1.165, 1.54) is 22.3 Å². The van der Waals surface area contributed by atoms with Crippen molar-refractivity contribution in [2.24, 2.45) is 5.73 Å². The molecule has 0 unspecified atom stereocenters. The summed E-state index contributed by atoms with van der Waals surface area (Å²) in [6.45, 7) is 0. The fourth-order valence-electron chi connectivity index (χ4n) is 2.68. The molecule has 2 aromatic carbocycles. The van der Waals surface area contributed by atoms with Crippen molar-refractivity contribution < 1.29 is 0 Å². The number of nitrogens with two attached hydrogens (primary N) is 1. The Morgan fingerprint density at radius 2 is 1.41 bits per heavy atom. The number of hydrogen-bond acceptors (Lipinski definition) is 1. The predicted molar refractivity (Wildman–Crippen MR) is 75.1 cm³/mol. The molecule has 2 aromatic rings. The summed E-state index contributed by atoms with van der Waals surface area (Å²) in [5.41, 5.74) is 11.1. The average Bonchev–Trinajstić information content (AvgIpc) is 2.65. The van der Waals surface area contributed by atoms with Crippen molar-refractivity contribution >= 4 is 17.2 Å². The molecule has 0 spiro atoms. The van der Waals surface area contributed by atoms with Gasteiger partial charge in [-0.05, 0) is 22.3 Å². The number of benzene rings is 2. The van der Waals surface area contributed by atoms with E-state index in [0.717, 1.165) is 6.42 Å². The van der Waals surface area contributed by atoms with Crippen molar-refractivity contribution in [3.05, 3.63) is 59.7 Å². The first-order valence-corrected chi connectivity index (χ1v) is 6.14. The van der Waals surface area contributed by atoms with Gasteiger partial charge in [0.15, 0.2) is 0 Å². The third kappa shape index (κ3) is 1.65. The second-order valence-electron chi connectivity index (χ2n) is 4.40. The topological polar surface area (TPSA) is 26.0 Å². The first-order chi connectivity index (χ1) is 8.27. The van der Waals surface area contributed by atoms with Gasteiger partial charge in [-0.2, -0.15) is 0 Å². The van der Waals surface area contributed by atoms with Crippen LogP contribution in [-0.2, 0) is 0 Å². The van der Waals surface area contributed by atoms with Gasteiger partial charge in [-0.3, -0.25) is 0 Å². The Bertz CT molecular complexity index is 543. The molecule has 17 heavy (non-hydrogen) atoms. The SMILES string of the molecule is NC(=S)CC1c2ccccc2-c2ccccc21. The standard InChI is InChI=1S/C15H13NS/c16-15(17)9-14-12-7-3-1-5-10(12)11-6-2-4-8-13(11)14/h1-8,14H,9H2,(H2,16,17). The molecule has 84 valence electrons. The first kappa shape index (κ1) is 10.5. The molecule has 0 fully saturated rings. The fraction of sp³-hybridized carbons (Fsp3) is 0.133. The zero-order chi connectivity index (χ0) is 11.8. The number of thiocarbonyl (C=S) groups is 1. The van der Waals surface area contributed by atoms with Crippen LogP contribution in [-0.4, -0.2) is 4.99 Å². The lowest BCUT2D eigenvalue weighted by atomic mass is 9.94. The summed E-state index contributed by atoms with van der Waals surface area (Å²) in [5, 5.41) is 0. The average molecular weight is 239 g/mol. The maximum absolute atomic E-state index is 5.72. The largest absolute Gasteiger partial charge is 0.393 e. The molecule has 3 rings (SSSR count). The molecule has 1 aliphatic rings. The van der Waals surface area contributed by atoms with Crippen LogP contribution in [0.1, 0.15) is 23.5 Å². The monoisotopic (exact) mass is 239 g/mol. The zero-order valence-electron chi connectivity index (χ0n) is 9.39. The first-order valence-electron chi connectivity index (χ1n) is 5.74. The molecule has 0 aromatic heterocycles. The predicted octanol–water partition coefficient (Wildman–Crippen LogP) is 3.48. The molecule has 1 aliphatic carbocycles. The molecule has 0 radical (unpaired) electrons. The second kappa shape index (κ2) is 3.97. The summed E-state index contributed by atoms with van der Waals surface area (Å²) >= 11 is 5.07. The Labute approximate surface area is 106 Å². The fourth-order valence-corrected chi connectivity index (χ4v) is 2.85. The molecule has 0 saturated carbocycles. The van der Waals surface area contributed by atoms with Crippen LogP contribution >= 0.6 is 12.2 Å². The molecule has 1 nitrogen and oxygen atoms in total. The number of fused-ring (bicyclic) bond motifs is 3. The maximum Gasteiger partial charge on any atom is 0.0736 e. The Balaban J connectivity index is 2.20. The Kier molecular flexibility index (Phi) is 2.45. The van der Waals surface area contributed by atoms with Crippen LogP contribution in [0, 0.1) is 0 Å². The van der Waals surface area contributed by atoms with Gasteiger partial charge in [0.05, 0.1) is 4.99 Å². The number of hydrogen-bond donors (Lipinski definition) is 1. The molecule has 2 N–H and O–H groups in total. The number of rotatable bonds is 2. The molecule has 0 heterocycles. The Hall–Kier alpha value is -1.67. The minimum atomic E-state index is 0.333. The van der Waals surface area contributed by atoms with Crippen LogP contribution < -0.4 is 5.73 Å². The summed E-state index contributed by atoms with van der Waals surface area (Å²) in [6, 6.07) is 17.0. The molecular weight excluding hydrogens is 226 g/mol. The van der Waals surface area contributed by atoms with E-state index in [-0.39, 0.29) is 0 Å². The minimum absolute atomic E-state index is 0.333. The van der Waals surface area contributed by atoms with Gasteiger partial charge in [0.2, 0.25) is 0 Å². The molecule has 2 heteroatoms. The summed E-state index contributed by atoms with van der Waals surface area (Å²) in [4.78, 5) is 0.585. The van der Waals surface area contributed by atoms with Crippen molar-refractivity contribution in [1.29, 1.82) is 0 Å². The molecule has 0 saturated heterocycles. The van der Waals surface area contributed by atoms with Crippen LogP contribution in [0.15, 0.2) is 48.5 Å². The summed E-state index contributed by atoms with van der Waals surface area (Å²) < 4.78 is 0. The van der Waals surface area contributed by atoms with E-state index in [2.05, 4.69) is 48.5 Å². The van der Waals surface area contributed by atoms with Gasteiger partial charge in [-0.15, -0.1) is 0 Å². The quantitative estimate of drug-likeness (QED) is 0.812. The zero-order valence-corrected chi connectivity index (χ0v) is 10.2. The molecule has 0 bridgehead atoms. The maximum atomic E-state index is 5.72. The van der Waals surface area contributed by atoms with E-state index >= 15 is 0 Å². The van der Waals surface area contributed by atoms with Crippen molar-refractivity contribution in [1.82, 2.24) is 0 Å². The van der Waals surface area contributed by atoms with Crippen LogP contribution in [0.5, 0.6) is 0 Å². The lowest BCUT2D eigenvalue weighted by Gasteiger charge is -2.12. The van der Waals surface area contributed by atoms with Gasteiger partial charge in [-0.1, -0.05) is 60.7 Å². The Morgan fingerprint density at radius 1 is 0.941 bits per heavy atom. The Morgan fingerprint density at radius 3 is 1.88 bits per heavy atom. The van der Waals surface area contributed by atoms with Crippen LogP contribution in [0.25, 0.3) is 11.1 Å². The van der Waals surface area contributed by atoms with Crippen molar-refractivity contribution in [2.75, 3.05) is 0 Å². The molecule has 0 atom stereocenters. The van der Waals surface area contributed by atoms with Crippen molar-refractivity contribution in [2.45, 2.75) is 12.3 Å². The van der Waals surface area contributed by atoms with E-state index in [0.29, 0.717) is 10.9 Å². The van der Waals surface area contributed by atoms with Crippen LogP contribution in [0.2, 0.25) is 0 Å². The van der Waals surface area contributed by atoms with E-state index in [1.807, 2.05) is 0 Å². The molecule has 0 aliphatic heterocycles. The third-order valence-corrected chi connectivity index (χ3v) is 3.53. The van der Waals surface area contributed by atoms with Gasteiger partial charge >= 0.3 is 0 Å². The summed E-state index contributed by atoms with van der Waals surface area (Å²) in [5.74, 6) is 0.333. The normalized spacial score (nSPS) is 13.2. The highest BCUT2D eigenvalue weighted by Crippen LogP contribution is 2.45. The lowest BCUT2D eigenvalue weighted by molar-refractivity contribution is 0.885. The van der Waals surface area contributed by atoms with Crippen LogP contribution in [0.4, 0.5) is 0 Å². The smallest absolute Gasteiger partial charge is 0.0736 e. The van der Waals surface area contributed by atoms with E-state index in [4.69, 9.17) is 18.0 Å². The van der Waals surface area contributed by atoms with Crippen LogP contribution in [0.3, 0.4) is 0 Å². The van der Waals surface area contributed by atoms with E-state index in [9.17, 15) is 0 Å². The van der Waals surface area contributed by atoms with Crippen molar-refractivity contribution in [3.8, 4) is 11.1 Å². The third-order valence-electron chi connectivity index (χ3n) is 3.37. The molecular formula is C15H13NS. The molecule has 0 amide bonds. The lowest BCUT2D eigenvalue weighted by Crippen LogP contribution is -2.12. The van der Waals surface area contributed by atoms with E-state index < -0.39 is 0 Å². The van der Waals surface area contributed by atoms with Gasteiger partial charge in [0.25, 0.3) is 0 Å². The van der Waals surface area contributed by atoms with Crippen molar-refractivity contribution in [3.63, 3.8) is 0 Å². The van der Waals surface area contributed by atoms with Gasteiger partial charge < -0.3 is 5.73 Å². The summed E-state index contributed by atoms with van der Waals surface area (Å²) in [7, 11) is 0. The minimum Gasteiger partial charge on any atom is -0.393 e. The van der Waals surface area contributed by atoms with Gasteiger partial charge in [-0.25, -0.2) is 0 Å². The highest BCUT2D eigenvalue weighted by Gasteiger charge is 2.27. The van der Waals surface area contributed by atoms with E-state index in [1.54, 1.807) is 0 Å².